The van der Waals surface area contributed by atoms with Gasteiger partial charge in [0.15, 0.2) is 7.38 Å². The minimum Gasteiger partial charge on any atom is -0.168 e. The first-order valence-corrected chi connectivity index (χ1v) is 9.32. The van der Waals surface area contributed by atoms with Crippen LogP contribution < -0.4 is 0 Å². The second-order valence-electron chi connectivity index (χ2n) is 6.80. The maximum absolute atomic E-state index is 6.39. The molecule has 0 N–H and O–H groups in total. The standard InChI is InChI=1S/C11H25ClSi/c1-10(2,3)8-11(4,5)9-13(6,7)12/h8-9H2,1-7H3. The van der Waals surface area contributed by atoms with E-state index in [1.807, 2.05) is 0 Å². The van der Waals surface area contributed by atoms with E-state index < -0.39 is 7.38 Å². The van der Waals surface area contributed by atoms with Gasteiger partial charge in [0.25, 0.3) is 0 Å². The summed E-state index contributed by atoms with van der Waals surface area (Å²) in [6.07, 6.45) is 1.25. The third kappa shape index (κ3) is 8.83. The van der Waals surface area contributed by atoms with Crippen molar-refractivity contribution in [3.8, 4) is 0 Å². The van der Waals surface area contributed by atoms with Crippen LogP contribution in [0.25, 0.3) is 0 Å². The second kappa shape index (κ2) is 3.94. The molecular formula is C11H25ClSi. The van der Waals surface area contributed by atoms with Crippen LogP contribution >= 0.6 is 11.1 Å². The minimum atomic E-state index is -1.42. The molecule has 0 aromatic heterocycles. The average molecular weight is 221 g/mol. The fourth-order valence-corrected chi connectivity index (χ4v) is 6.12. The summed E-state index contributed by atoms with van der Waals surface area (Å²) in [5.74, 6) is 0. The highest BCUT2D eigenvalue weighted by molar-refractivity contribution is 7.19. The zero-order valence-corrected chi connectivity index (χ0v) is 12.0. The van der Waals surface area contributed by atoms with Crippen molar-refractivity contribution in [2.75, 3.05) is 0 Å². The van der Waals surface area contributed by atoms with Gasteiger partial charge in [0.05, 0.1) is 0 Å². The van der Waals surface area contributed by atoms with E-state index >= 15 is 0 Å². The first kappa shape index (κ1) is 13.5. The lowest BCUT2D eigenvalue weighted by molar-refractivity contribution is 0.232. The van der Waals surface area contributed by atoms with Crippen LogP contribution in [0.5, 0.6) is 0 Å². The molecule has 0 aliphatic heterocycles. The van der Waals surface area contributed by atoms with Crippen molar-refractivity contribution in [2.24, 2.45) is 10.8 Å². The van der Waals surface area contributed by atoms with E-state index in [1.54, 1.807) is 0 Å². The van der Waals surface area contributed by atoms with Gasteiger partial charge in [-0.3, -0.25) is 0 Å². The van der Waals surface area contributed by atoms with Gasteiger partial charge in [-0.2, -0.15) is 11.1 Å². The molecule has 0 aliphatic carbocycles. The Bertz CT molecular complexity index is 142. The zero-order valence-electron chi connectivity index (χ0n) is 10.3. The van der Waals surface area contributed by atoms with E-state index in [9.17, 15) is 0 Å². The van der Waals surface area contributed by atoms with Crippen LogP contribution in [-0.2, 0) is 0 Å². The summed E-state index contributed by atoms with van der Waals surface area (Å²) >= 11 is 6.39. The van der Waals surface area contributed by atoms with Crippen molar-refractivity contribution < 1.29 is 0 Å². The molecule has 0 unspecified atom stereocenters. The van der Waals surface area contributed by atoms with Gasteiger partial charge < -0.3 is 0 Å². The maximum atomic E-state index is 6.39. The summed E-state index contributed by atoms with van der Waals surface area (Å²) in [5.41, 5.74) is 0.815. The van der Waals surface area contributed by atoms with Gasteiger partial charge in [-0.25, -0.2) is 0 Å². The second-order valence-corrected chi connectivity index (χ2v) is 13.7. The topological polar surface area (TPSA) is 0 Å². The molecule has 13 heavy (non-hydrogen) atoms. The molecule has 0 radical (unpaired) electrons. The first-order valence-electron chi connectivity index (χ1n) is 5.10. The van der Waals surface area contributed by atoms with Crippen molar-refractivity contribution in [3.05, 3.63) is 0 Å². The number of hydrogen-bond donors (Lipinski definition) is 0. The first-order chi connectivity index (χ1) is 5.41. The average Bonchev–Trinajstić information content (AvgIpc) is 1.43. The summed E-state index contributed by atoms with van der Waals surface area (Å²) in [7, 11) is -1.42. The lowest BCUT2D eigenvalue weighted by Gasteiger charge is -2.35. The Morgan fingerprint density at radius 1 is 1.00 bits per heavy atom. The predicted octanol–water partition coefficient (Wildman–Crippen LogP) is 4.89. The van der Waals surface area contributed by atoms with Gasteiger partial charge in [-0.05, 0) is 23.3 Å². The molecule has 0 aromatic rings. The highest BCUT2D eigenvalue weighted by atomic mass is 35.6. The zero-order chi connectivity index (χ0) is 10.9. The molecule has 0 aromatic carbocycles. The van der Waals surface area contributed by atoms with E-state index in [4.69, 9.17) is 11.1 Å². The number of hydrogen-bond acceptors (Lipinski definition) is 0. The summed E-state index contributed by atoms with van der Waals surface area (Å²) in [5, 5.41) is 0. The van der Waals surface area contributed by atoms with Crippen LogP contribution in [0.3, 0.4) is 0 Å². The van der Waals surface area contributed by atoms with E-state index in [-0.39, 0.29) is 0 Å². The summed E-state index contributed by atoms with van der Waals surface area (Å²) in [4.78, 5) is 0. The van der Waals surface area contributed by atoms with Crippen molar-refractivity contribution in [1.29, 1.82) is 0 Å². The molecule has 80 valence electrons. The monoisotopic (exact) mass is 220 g/mol. The third-order valence-electron chi connectivity index (χ3n) is 1.91. The molecule has 0 nitrogen and oxygen atoms in total. The maximum Gasteiger partial charge on any atom is 0.151 e. The lowest BCUT2D eigenvalue weighted by atomic mass is 9.77. The van der Waals surface area contributed by atoms with Crippen molar-refractivity contribution in [1.82, 2.24) is 0 Å². The Balaban J connectivity index is 4.25. The smallest absolute Gasteiger partial charge is 0.151 e. The van der Waals surface area contributed by atoms with Crippen LogP contribution in [0.1, 0.15) is 41.0 Å². The Labute approximate surface area is 89.8 Å². The van der Waals surface area contributed by atoms with E-state index in [2.05, 4.69) is 47.7 Å². The molecule has 0 bridgehead atoms. The van der Waals surface area contributed by atoms with Crippen molar-refractivity contribution in [2.45, 2.75) is 60.2 Å². The quantitative estimate of drug-likeness (QED) is 0.469. The molecule has 2 heteroatoms. The van der Waals surface area contributed by atoms with Gasteiger partial charge in [0.2, 0.25) is 0 Å². The van der Waals surface area contributed by atoms with Gasteiger partial charge in [0, 0.05) is 0 Å². The Hall–Kier alpha value is 0.507. The van der Waals surface area contributed by atoms with Crippen LogP contribution in [-0.4, -0.2) is 7.38 Å². The SMILES string of the molecule is CC(C)(C)CC(C)(C)C[Si](C)(C)Cl. The van der Waals surface area contributed by atoms with Gasteiger partial charge in [-0.1, -0.05) is 47.7 Å². The van der Waals surface area contributed by atoms with Gasteiger partial charge in [0.1, 0.15) is 0 Å². The molecule has 0 rings (SSSR count). The number of halogens is 1. The fraction of sp³-hybridized carbons (Fsp3) is 1.00. The van der Waals surface area contributed by atoms with Gasteiger partial charge in [-0.15, -0.1) is 0 Å². The highest BCUT2D eigenvalue weighted by Crippen LogP contribution is 2.40. The highest BCUT2D eigenvalue weighted by Gasteiger charge is 2.32. The van der Waals surface area contributed by atoms with Crippen LogP contribution in [0.4, 0.5) is 0 Å². The fourth-order valence-electron chi connectivity index (χ4n) is 2.64. The van der Waals surface area contributed by atoms with E-state index in [0.29, 0.717) is 10.8 Å². The Morgan fingerprint density at radius 2 is 1.38 bits per heavy atom. The normalized spacial score (nSPS) is 14.8. The van der Waals surface area contributed by atoms with Gasteiger partial charge >= 0.3 is 0 Å². The molecule has 0 fully saturated rings. The minimum absolute atomic E-state index is 0.399. The third-order valence-corrected chi connectivity index (χ3v) is 4.11. The molecule has 0 amide bonds. The predicted molar refractivity (Wildman–Crippen MR) is 66.0 cm³/mol. The molecule has 0 saturated carbocycles. The van der Waals surface area contributed by atoms with Crippen LogP contribution in [0.15, 0.2) is 0 Å². The van der Waals surface area contributed by atoms with E-state index in [1.165, 1.54) is 12.5 Å². The summed E-state index contributed by atoms with van der Waals surface area (Å²) in [6.45, 7) is 16.1. The largest absolute Gasteiger partial charge is 0.168 e. The summed E-state index contributed by atoms with van der Waals surface area (Å²) in [6, 6.07) is 1.21. The molecular weight excluding hydrogens is 196 g/mol. The van der Waals surface area contributed by atoms with Crippen molar-refractivity contribution >= 4 is 18.5 Å². The lowest BCUT2D eigenvalue weighted by Crippen LogP contribution is -2.29. The van der Waals surface area contributed by atoms with Crippen molar-refractivity contribution in [3.63, 3.8) is 0 Å². The molecule has 0 heterocycles. The van der Waals surface area contributed by atoms with Crippen LogP contribution in [0, 0.1) is 10.8 Å². The van der Waals surface area contributed by atoms with Crippen LogP contribution in [0.2, 0.25) is 19.1 Å². The summed E-state index contributed by atoms with van der Waals surface area (Å²) < 4.78 is 0. The van der Waals surface area contributed by atoms with E-state index in [0.717, 1.165) is 0 Å². The molecule has 0 spiro atoms. The number of rotatable bonds is 3. The molecule has 0 saturated heterocycles. The molecule has 0 aliphatic rings. The molecule has 0 atom stereocenters. The Morgan fingerprint density at radius 3 is 1.62 bits per heavy atom. The Kier molecular flexibility index (Phi) is 4.09.